The van der Waals surface area contributed by atoms with Gasteiger partial charge in [-0.3, -0.25) is 10.2 Å². The second-order valence-corrected chi connectivity index (χ2v) is 7.25. The van der Waals surface area contributed by atoms with Gasteiger partial charge >= 0.3 is 0 Å². The van der Waals surface area contributed by atoms with E-state index < -0.39 is 0 Å². The van der Waals surface area contributed by atoms with Crippen LogP contribution in [0.5, 0.6) is 5.75 Å². The number of amides is 1. The van der Waals surface area contributed by atoms with Crippen LogP contribution in [0.3, 0.4) is 0 Å². The molecule has 0 aliphatic carbocycles. The first-order chi connectivity index (χ1) is 13.7. The minimum atomic E-state index is 0.0104. The number of benzene rings is 1. The second-order valence-electron chi connectivity index (χ2n) is 7.25. The van der Waals surface area contributed by atoms with Crippen molar-refractivity contribution in [2.24, 2.45) is 5.92 Å². The number of pyridine rings is 1. The zero-order valence-corrected chi connectivity index (χ0v) is 15.4. The van der Waals surface area contributed by atoms with E-state index in [1.54, 1.807) is 25.4 Å². The predicted octanol–water partition coefficient (Wildman–Crippen LogP) is 0.813. The number of methoxy groups -OCH3 is 1. The van der Waals surface area contributed by atoms with Gasteiger partial charge in [0, 0.05) is 31.2 Å². The lowest BCUT2D eigenvalue weighted by molar-refractivity contribution is 0.0652. The Hall–Kier alpha value is -3.04. The molecule has 28 heavy (non-hydrogen) atoms. The number of piperidine rings is 1. The molecular weight excluding hydrogens is 358 g/mol. The molecule has 3 unspecified atom stereocenters. The number of rotatable bonds is 3. The van der Waals surface area contributed by atoms with E-state index in [1.165, 1.54) is 10.1 Å². The third-order valence-electron chi connectivity index (χ3n) is 5.71. The second kappa shape index (κ2) is 6.84. The molecule has 4 heterocycles. The molecule has 2 N–H and O–H groups in total. The molecule has 1 amide bonds. The molecule has 0 saturated carbocycles. The summed E-state index contributed by atoms with van der Waals surface area (Å²) in [5.74, 6) is 1.14. The molecule has 9 nitrogen and oxygen atoms in total. The monoisotopic (exact) mass is 379 g/mol. The Morgan fingerprint density at radius 1 is 1.18 bits per heavy atom. The number of nitrogens with zero attached hydrogens (tertiary/aromatic N) is 5. The summed E-state index contributed by atoms with van der Waals surface area (Å²) in [6.45, 7) is 1.41. The van der Waals surface area contributed by atoms with E-state index >= 15 is 0 Å². The number of carbonyl (C=O) groups excluding carboxylic acids is 1. The molecule has 2 saturated heterocycles. The van der Waals surface area contributed by atoms with Gasteiger partial charge in [0.1, 0.15) is 5.75 Å². The van der Waals surface area contributed by atoms with Crippen LogP contribution in [-0.2, 0) is 0 Å². The van der Waals surface area contributed by atoms with Crippen molar-refractivity contribution in [1.82, 2.24) is 35.8 Å². The van der Waals surface area contributed by atoms with E-state index in [-0.39, 0.29) is 11.9 Å². The molecule has 0 spiro atoms. The number of likely N-dealkylation sites (tertiary alicyclic amines) is 1. The fraction of sp³-hybridized carbons (Fsp3) is 0.368. The Labute approximate surface area is 161 Å². The van der Waals surface area contributed by atoms with Crippen LogP contribution < -0.4 is 15.6 Å². The van der Waals surface area contributed by atoms with E-state index in [1.807, 2.05) is 17.0 Å². The largest absolute Gasteiger partial charge is 0.497 e. The molecule has 9 heteroatoms. The first kappa shape index (κ1) is 17.1. The van der Waals surface area contributed by atoms with Crippen LogP contribution in [0.25, 0.3) is 5.65 Å². The Kier molecular flexibility index (Phi) is 4.18. The van der Waals surface area contributed by atoms with Gasteiger partial charge in [0.2, 0.25) is 0 Å². The van der Waals surface area contributed by atoms with E-state index in [4.69, 9.17) is 4.74 Å². The maximum Gasteiger partial charge on any atom is 0.255 e. The van der Waals surface area contributed by atoms with Gasteiger partial charge in [-0.2, -0.15) is 4.52 Å². The Morgan fingerprint density at radius 2 is 2.04 bits per heavy atom. The van der Waals surface area contributed by atoms with E-state index in [0.717, 1.165) is 18.7 Å². The summed E-state index contributed by atoms with van der Waals surface area (Å²) in [5.41, 5.74) is 9.22. The SMILES string of the molecule is COc1ccc(C2NNC3CCN(C(=O)c4ccc5nnnn5c4)CC32)cc1. The van der Waals surface area contributed by atoms with Gasteiger partial charge < -0.3 is 9.64 Å². The van der Waals surface area contributed by atoms with Crippen molar-refractivity contribution in [2.45, 2.75) is 18.5 Å². The standard InChI is InChI=1S/C19H21N7O2/c1-28-14-5-2-12(3-6-14)18-15-11-25(9-8-16(15)20-22-18)19(27)13-4-7-17-21-23-24-26(17)10-13/h2-7,10,15-16,18,20,22H,8-9,11H2,1H3. The van der Waals surface area contributed by atoms with Gasteiger partial charge in [0.15, 0.2) is 5.65 Å². The van der Waals surface area contributed by atoms with Gasteiger partial charge in [0.25, 0.3) is 5.91 Å². The van der Waals surface area contributed by atoms with Crippen molar-refractivity contribution >= 4 is 11.6 Å². The van der Waals surface area contributed by atoms with Crippen LogP contribution in [0.2, 0.25) is 0 Å². The fourth-order valence-electron chi connectivity index (χ4n) is 4.18. The molecule has 0 radical (unpaired) electrons. The number of hydrogen-bond acceptors (Lipinski definition) is 7. The van der Waals surface area contributed by atoms with E-state index in [9.17, 15) is 4.79 Å². The van der Waals surface area contributed by atoms with Gasteiger partial charge in [-0.25, -0.2) is 5.43 Å². The summed E-state index contributed by atoms with van der Waals surface area (Å²) >= 11 is 0. The van der Waals surface area contributed by atoms with Gasteiger partial charge in [-0.15, -0.1) is 5.10 Å². The fourth-order valence-corrected chi connectivity index (χ4v) is 4.18. The molecule has 2 fully saturated rings. The van der Waals surface area contributed by atoms with Crippen LogP contribution in [0.15, 0.2) is 42.6 Å². The van der Waals surface area contributed by atoms with Gasteiger partial charge in [0.05, 0.1) is 18.7 Å². The van der Waals surface area contributed by atoms with Crippen molar-refractivity contribution in [3.63, 3.8) is 0 Å². The summed E-state index contributed by atoms with van der Waals surface area (Å²) in [6, 6.07) is 12.1. The number of ether oxygens (including phenoxy) is 1. The predicted molar refractivity (Wildman–Crippen MR) is 101 cm³/mol. The number of hydrazine groups is 1. The Morgan fingerprint density at radius 3 is 2.86 bits per heavy atom. The third kappa shape index (κ3) is 2.88. The maximum atomic E-state index is 13.1. The molecule has 0 bridgehead atoms. The highest BCUT2D eigenvalue weighted by Crippen LogP contribution is 2.34. The van der Waals surface area contributed by atoms with Crippen LogP contribution >= 0.6 is 0 Å². The number of aromatic nitrogens is 4. The minimum Gasteiger partial charge on any atom is -0.497 e. The summed E-state index contributed by atoms with van der Waals surface area (Å²) in [6.07, 6.45) is 2.60. The molecule has 144 valence electrons. The van der Waals surface area contributed by atoms with Crippen molar-refractivity contribution in [3.05, 3.63) is 53.7 Å². The highest BCUT2D eigenvalue weighted by molar-refractivity contribution is 5.94. The van der Waals surface area contributed by atoms with Crippen molar-refractivity contribution in [1.29, 1.82) is 0 Å². The normalized spacial score (nSPS) is 24.3. The molecule has 2 aliphatic rings. The maximum absolute atomic E-state index is 13.1. The lowest BCUT2D eigenvalue weighted by atomic mass is 9.85. The Bertz CT molecular complexity index is 1000. The number of fused-ring (bicyclic) bond motifs is 2. The lowest BCUT2D eigenvalue weighted by Gasteiger charge is -2.36. The topological polar surface area (TPSA) is 96.7 Å². The summed E-state index contributed by atoms with van der Waals surface area (Å²) in [4.78, 5) is 15.0. The van der Waals surface area contributed by atoms with E-state index in [0.29, 0.717) is 29.7 Å². The summed E-state index contributed by atoms with van der Waals surface area (Å²) in [7, 11) is 1.66. The van der Waals surface area contributed by atoms with Crippen molar-refractivity contribution in [3.8, 4) is 5.75 Å². The number of tetrazole rings is 1. The minimum absolute atomic E-state index is 0.0104. The van der Waals surface area contributed by atoms with Gasteiger partial charge in [-0.05, 0) is 46.7 Å². The van der Waals surface area contributed by atoms with E-state index in [2.05, 4.69) is 38.5 Å². The molecule has 3 aromatic rings. The first-order valence-corrected chi connectivity index (χ1v) is 9.35. The first-order valence-electron chi connectivity index (χ1n) is 9.35. The molecular formula is C19H21N7O2. The van der Waals surface area contributed by atoms with Crippen molar-refractivity contribution in [2.75, 3.05) is 20.2 Å². The highest BCUT2D eigenvalue weighted by atomic mass is 16.5. The number of carbonyl (C=O) groups is 1. The number of nitrogens with one attached hydrogen (secondary N) is 2. The third-order valence-corrected chi connectivity index (χ3v) is 5.71. The van der Waals surface area contributed by atoms with Crippen molar-refractivity contribution < 1.29 is 9.53 Å². The zero-order chi connectivity index (χ0) is 19.1. The Balaban J connectivity index is 1.35. The lowest BCUT2D eigenvalue weighted by Crippen LogP contribution is -2.47. The highest BCUT2D eigenvalue weighted by Gasteiger charge is 2.41. The molecule has 2 aromatic heterocycles. The summed E-state index contributed by atoms with van der Waals surface area (Å²) < 4.78 is 6.78. The molecule has 2 aliphatic heterocycles. The zero-order valence-electron chi connectivity index (χ0n) is 15.4. The van der Waals surface area contributed by atoms with Crippen LogP contribution in [-0.4, -0.2) is 57.1 Å². The van der Waals surface area contributed by atoms with Gasteiger partial charge in [-0.1, -0.05) is 12.1 Å². The average Bonchev–Trinajstić information content (AvgIpc) is 3.39. The molecule has 5 rings (SSSR count). The molecule has 3 atom stereocenters. The number of hydrogen-bond donors (Lipinski definition) is 2. The molecule has 1 aromatic carbocycles. The summed E-state index contributed by atoms with van der Waals surface area (Å²) in [5, 5.41) is 11.4. The smallest absolute Gasteiger partial charge is 0.255 e. The average molecular weight is 379 g/mol. The quantitative estimate of drug-likeness (QED) is 0.695. The van der Waals surface area contributed by atoms with Crippen LogP contribution in [0.4, 0.5) is 0 Å². The van der Waals surface area contributed by atoms with Crippen LogP contribution in [0.1, 0.15) is 28.4 Å². The van der Waals surface area contributed by atoms with Crippen LogP contribution in [0, 0.1) is 5.92 Å².